The van der Waals surface area contributed by atoms with Gasteiger partial charge in [-0.15, -0.1) is 0 Å². The molecule has 2 rings (SSSR count). The Balaban J connectivity index is 2.46. The third-order valence-corrected chi connectivity index (χ3v) is 5.08. The summed E-state index contributed by atoms with van der Waals surface area (Å²) in [5, 5.41) is 11.9. The quantitative estimate of drug-likeness (QED) is 0.671. The van der Waals surface area contributed by atoms with Crippen LogP contribution in [0.2, 0.25) is 10.0 Å². The number of halogens is 3. The van der Waals surface area contributed by atoms with Gasteiger partial charge in [-0.25, -0.2) is 0 Å². The van der Waals surface area contributed by atoms with Gasteiger partial charge in [-0.3, -0.25) is 0 Å². The van der Waals surface area contributed by atoms with Crippen LogP contribution in [0.5, 0.6) is 0 Å². The minimum Gasteiger partial charge on any atom is -0.384 e. The molecule has 0 saturated carbocycles. The molecule has 0 aliphatic carbocycles. The van der Waals surface area contributed by atoms with E-state index in [1.165, 1.54) is 0 Å². The van der Waals surface area contributed by atoms with Gasteiger partial charge in [0.2, 0.25) is 0 Å². The topological polar surface area (TPSA) is 20.2 Å². The Morgan fingerprint density at radius 3 is 2.32 bits per heavy atom. The third kappa shape index (κ3) is 3.24. The van der Waals surface area contributed by atoms with Crippen molar-refractivity contribution in [2.75, 3.05) is 0 Å². The van der Waals surface area contributed by atoms with E-state index < -0.39 is 6.10 Å². The lowest BCUT2D eigenvalue weighted by molar-refractivity contribution is 0.219. The van der Waals surface area contributed by atoms with Gasteiger partial charge in [0.1, 0.15) is 6.10 Å². The second-order valence-electron chi connectivity index (χ2n) is 4.53. The van der Waals surface area contributed by atoms with Gasteiger partial charge >= 0.3 is 0 Å². The molecule has 4 heteroatoms. The maximum atomic E-state index is 10.5. The van der Waals surface area contributed by atoms with Gasteiger partial charge < -0.3 is 5.11 Å². The molecule has 0 amide bonds. The highest BCUT2D eigenvalue weighted by Crippen LogP contribution is 2.31. The highest BCUT2D eigenvalue weighted by molar-refractivity contribution is 14.1. The summed E-state index contributed by atoms with van der Waals surface area (Å²) in [6.07, 6.45) is -0.689. The van der Waals surface area contributed by atoms with Crippen molar-refractivity contribution >= 4 is 45.8 Å². The van der Waals surface area contributed by atoms with Crippen molar-refractivity contribution in [3.8, 4) is 0 Å². The second-order valence-corrected chi connectivity index (χ2v) is 6.51. The Morgan fingerprint density at radius 2 is 1.68 bits per heavy atom. The van der Waals surface area contributed by atoms with Crippen LogP contribution in [0, 0.1) is 17.4 Å². The lowest BCUT2D eigenvalue weighted by atomic mass is 9.96. The monoisotopic (exact) mass is 406 g/mol. The highest BCUT2D eigenvalue weighted by atomic mass is 127. The Bertz CT molecular complexity index is 626. The number of hydrogen-bond donors (Lipinski definition) is 1. The van der Waals surface area contributed by atoms with E-state index >= 15 is 0 Å². The van der Waals surface area contributed by atoms with Crippen LogP contribution in [0.3, 0.4) is 0 Å². The molecule has 0 aliphatic rings. The molecular weight excluding hydrogens is 394 g/mol. The number of rotatable bonds is 2. The Morgan fingerprint density at radius 1 is 1.00 bits per heavy atom. The first-order chi connectivity index (χ1) is 8.90. The first-order valence-electron chi connectivity index (χ1n) is 5.80. The summed E-state index contributed by atoms with van der Waals surface area (Å²) in [6.45, 7) is 3.87. The zero-order valence-corrected chi connectivity index (χ0v) is 14.2. The fraction of sp³-hybridized carbons (Fsp3) is 0.200. The summed E-state index contributed by atoms with van der Waals surface area (Å²) >= 11 is 14.3. The molecule has 19 heavy (non-hydrogen) atoms. The Hall–Kier alpha value is -0.290. The van der Waals surface area contributed by atoms with E-state index in [0.717, 1.165) is 25.8 Å². The first-order valence-corrected chi connectivity index (χ1v) is 7.63. The predicted molar refractivity (Wildman–Crippen MR) is 89.2 cm³/mol. The van der Waals surface area contributed by atoms with E-state index in [9.17, 15) is 5.11 Å². The molecule has 0 heterocycles. The van der Waals surface area contributed by atoms with Gasteiger partial charge in [0, 0.05) is 8.59 Å². The summed E-state index contributed by atoms with van der Waals surface area (Å²) in [6, 6.07) is 9.40. The second kappa shape index (κ2) is 6.00. The molecule has 1 atom stereocenters. The van der Waals surface area contributed by atoms with Crippen molar-refractivity contribution in [2.24, 2.45) is 0 Å². The van der Waals surface area contributed by atoms with Crippen molar-refractivity contribution in [1.82, 2.24) is 0 Å². The van der Waals surface area contributed by atoms with Crippen LogP contribution in [-0.2, 0) is 0 Å². The van der Waals surface area contributed by atoms with Gasteiger partial charge in [-0.05, 0) is 76.9 Å². The summed E-state index contributed by atoms with van der Waals surface area (Å²) in [7, 11) is 0. The molecule has 1 nitrogen and oxygen atoms in total. The largest absolute Gasteiger partial charge is 0.384 e. The minimum absolute atomic E-state index is 0.653. The van der Waals surface area contributed by atoms with E-state index in [4.69, 9.17) is 23.2 Å². The Labute approximate surface area is 136 Å². The van der Waals surface area contributed by atoms with Crippen molar-refractivity contribution in [1.29, 1.82) is 0 Å². The standard InChI is InChI=1S/C15H13Cl2IO/c1-8-6-12(16)9(2)5-11(8)15(19)10-3-4-14(18)13(17)7-10/h3-7,15,19H,1-2H3. The van der Waals surface area contributed by atoms with Crippen molar-refractivity contribution in [2.45, 2.75) is 20.0 Å². The number of aliphatic hydroxyl groups is 1. The lowest BCUT2D eigenvalue weighted by Gasteiger charge is -2.16. The lowest BCUT2D eigenvalue weighted by Crippen LogP contribution is -2.03. The number of aryl methyl sites for hydroxylation is 2. The zero-order chi connectivity index (χ0) is 14.2. The highest BCUT2D eigenvalue weighted by Gasteiger charge is 2.15. The summed E-state index contributed by atoms with van der Waals surface area (Å²) in [4.78, 5) is 0. The van der Waals surface area contributed by atoms with Crippen LogP contribution in [0.15, 0.2) is 30.3 Å². The number of aliphatic hydroxyl groups excluding tert-OH is 1. The fourth-order valence-corrected chi connectivity index (χ4v) is 2.70. The van der Waals surface area contributed by atoms with Crippen molar-refractivity contribution in [3.05, 3.63) is 66.2 Å². The van der Waals surface area contributed by atoms with E-state index in [1.807, 2.05) is 38.1 Å². The van der Waals surface area contributed by atoms with Gasteiger partial charge in [-0.1, -0.05) is 35.3 Å². The zero-order valence-electron chi connectivity index (χ0n) is 10.5. The molecule has 0 bridgehead atoms. The van der Waals surface area contributed by atoms with Crippen LogP contribution < -0.4 is 0 Å². The van der Waals surface area contributed by atoms with Gasteiger partial charge in [0.15, 0.2) is 0 Å². The molecule has 1 unspecified atom stereocenters. The Kier molecular flexibility index (Phi) is 4.77. The van der Waals surface area contributed by atoms with Gasteiger partial charge in [0.05, 0.1) is 5.02 Å². The molecule has 0 aliphatic heterocycles. The van der Waals surface area contributed by atoms with E-state index in [0.29, 0.717) is 10.0 Å². The minimum atomic E-state index is -0.689. The van der Waals surface area contributed by atoms with Crippen LogP contribution in [0.4, 0.5) is 0 Å². The van der Waals surface area contributed by atoms with Crippen molar-refractivity contribution in [3.63, 3.8) is 0 Å². The molecule has 0 spiro atoms. The van der Waals surface area contributed by atoms with Crippen molar-refractivity contribution < 1.29 is 5.11 Å². The van der Waals surface area contributed by atoms with Crippen LogP contribution >= 0.6 is 45.8 Å². The van der Waals surface area contributed by atoms with E-state index in [-0.39, 0.29) is 0 Å². The average molecular weight is 407 g/mol. The third-order valence-electron chi connectivity index (χ3n) is 3.10. The fourth-order valence-electron chi connectivity index (χ4n) is 1.96. The maximum Gasteiger partial charge on any atom is 0.104 e. The molecule has 2 aromatic rings. The normalized spacial score (nSPS) is 12.5. The van der Waals surface area contributed by atoms with Gasteiger partial charge in [-0.2, -0.15) is 0 Å². The van der Waals surface area contributed by atoms with Crippen LogP contribution in [0.25, 0.3) is 0 Å². The summed E-state index contributed by atoms with van der Waals surface area (Å²) in [5.74, 6) is 0. The molecule has 100 valence electrons. The molecule has 1 N–H and O–H groups in total. The number of hydrogen-bond acceptors (Lipinski definition) is 1. The SMILES string of the molecule is Cc1cc(C(O)c2ccc(I)c(Cl)c2)c(C)cc1Cl. The summed E-state index contributed by atoms with van der Waals surface area (Å²) < 4.78 is 0.972. The predicted octanol–water partition coefficient (Wildman–Crippen LogP) is 5.30. The molecule has 0 radical (unpaired) electrons. The maximum absolute atomic E-state index is 10.5. The molecule has 2 aromatic carbocycles. The molecule has 0 saturated heterocycles. The van der Waals surface area contributed by atoms with E-state index in [2.05, 4.69) is 22.6 Å². The first kappa shape index (κ1) is 15.1. The van der Waals surface area contributed by atoms with Gasteiger partial charge in [0.25, 0.3) is 0 Å². The molecular formula is C15H13Cl2IO. The van der Waals surface area contributed by atoms with Crippen LogP contribution in [0.1, 0.15) is 28.4 Å². The summed E-state index contributed by atoms with van der Waals surface area (Å²) in [5.41, 5.74) is 3.57. The van der Waals surface area contributed by atoms with E-state index in [1.54, 1.807) is 6.07 Å². The average Bonchev–Trinajstić information content (AvgIpc) is 2.36. The molecule has 0 aromatic heterocycles. The number of benzene rings is 2. The van der Waals surface area contributed by atoms with Crippen LogP contribution in [-0.4, -0.2) is 5.11 Å². The molecule has 0 fully saturated rings. The smallest absolute Gasteiger partial charge is 0.104 e.